The van der Waals surface area contributed by atoms with Gasteiger partial charge in [-0.25, -0.2) is 0 Å². The maximum Gasteiger partial charge on any atom is 0.0541 e. The highest BCUT2D eigenvalue weighted by atomic mass is 15.0. The van der Waals surface area contributed by atoms with Crippen LogP contribution in [0.3, 0.4) is 0 Å². The predicted molar refractivity (Wildman–Crippen MR) is 255 cm³/mol. The van der Waals surface area contributed by atoms with Crippen LogP contribution in [0.5, 0.6) is 0 Å². The van der Waals surface area contributed by atoms with Gasteiger partial charge in [-0.2, -0.15) is 0 Å². The molecule has 0 atom stereocenters. The Morgan fingerprint density at radius 3 is 1.37 bits per heavy atom. The molecule has 1 aliphatic rings. The molecule has 2 heteroatoms. The summed E-state index contributed by atoms with van der Waals surface area (Å²) in [6.07, 6.45) is 9.10. The van der Waals surface area contributed by atoms with E-state index < -0.39 is 0 Å². The highest BCUT2D eigenvalue weighted by Crippen LogP contribution is 2.42. The monoisotopic (exact) mass is 764 g/mol. The van der Waals surface area contributed by atoms with Gasteiger partial charge in [0.1, 0.15) is 0 Å². The van der Waals surface area contributed by atoms with Gasteiger partial charge in [0.2, 0.25) is 0 Å². The Morgan fingerprint density at radius 2 is 0.817 bits per heavy atom. The van der Waals surface area contributed by atoms with Gasteiger partial charge in [-0.05, 0) is 129 Å². The molecular weight excluding hydrogens is 725 g/mol. The van der Waals surface area contributed by atoms with Gasteiger partial charge in [-0.15, -0.1) is 0 Å². The molecule has 0 aliphatic heterocycles. The first kappa shape index (κ1) is 34.4. The normalized spacial score (nSPS) is 12.9. The number of rotatable bonds is 6. The summed E-state index contributed by atoms with van der Waals surface area (Å²) in [5.41, 5.74) is 17.1. The Bertz CT molecular complexity index is 3500. The highest BCUT2D eigenvalue weighted by molar-refractivity contribution is 6.15. The smallest absolute Gasteiger partial charge is 0.0541 e. The van der Waals surface area contributed by atoms with E-state index in [4.69, 9.17) is 0 Å². The number of fused-ring (bicyclic) bond motifs is 7. The first-order valence-electron chi connectivity index (χ1n) is 21.0. The second-order valence-electron chi connectivity index (χ2n) is 16.0. The topological polar surface area (TPSA) is 9.86 Å². The molecule has 1 aliphatic carbocycles. The van der Waals surface area contributed by atoms with Crippen molar-refractivity contribution in [1.82, 2.24) is 9.13 Å². The van der Waals surface area contributed by atoms with Gasteiger partial charge in [0, 0.05) is 32.9 Å². The van der Waals surface area contributed by atoms with Crippen LogP contribution in [0.25, 0.3) is 105 Å². The maximum absolute atomic E-state index is 2.42. The summed E-state index contributed by atoms with van der Waals surface area (Å²) in [5.74, 6) is 0. The summed E-state index contributed by atoms with van der Waals surface area (Å²) in [6, 6.07) is 73.8. The number of benzene rings is 9. The first-order chi connectivity index (χ1) is 29.8. The molecular formula is C58H40N2. The molecule has 0 saturated heterocycles. The fourth-order valence-corrected chi connectivity index (χ4v) is 9.72. The van der Waals surface area contributed by atoms with Crippen LogP contribution in [-0.2, 0) is 0 Å². The van der Waals surface area contributed by atoms with Crippen molar-refractivity contribution in [3.8, 4) is 44.8 Å². The standard InChI is InChI=1S/C58H40N2/c1-3-13-39(14-4-1)41-25-31-46(32-26-41)59-54-23-9-7-19-50(54)52-37-44(29-35-56(52)59)48-21-11-17-43-18-12-22-49(58(43)48)45-30-36-57-53(38-45)51-20-8-10-24-55(51)60(57)47-33-27-42(28-34-47)40-15-5-2-6-16-40/h1,3-5,7-38H,2,6H2. The van der Waals surface area contributed by atoms with Crippen molar-refractivity contribution in [3.63, 3.8) is 0 Å². The van der Waals surface area contributed by atoms with E-state index >= 15 is 0 Å². The van der Waals surface area contributed by atoms with Crippen molar-refractivity contribution in [2.24, 2.45) is 0 Å². The zero-order valence-electron chi connectivity index (χ0n) is 33.1. The number of hydrogen-bond donors (Lipinski definition) is 0. The van der Waals surface area contributed by atoms with Gasteiger partial charge < -0.3 is 9.13 Å². The summed E-state index contributed by atoms with van der Waals surface area (Å²) in [7, 11) is 0. The van der Waals surface area contributed by atoms with Gasteiger partial charge in [0.15, 0.2) is 0 Å². The van der Waals surface area contributed by atoms with E-state index in [9.17, 15) is 0 Å². The Balaban J connectivity index is 0.984. The summed E-state index contributed by atoms with van der Waals surface area (Å²) in [5, 5.41) is 7.51. The number of nitrogens with zero attached hydrogens (tertiary/aromatic N) is 2. The molecule has 0 radical (unpaired) electrons. The second-order valence-corrected chi connectivity index (χ2v) is 16.0. The van der Waals surface area contributed by atoms with Gasteiger partial charge in [-0.1, -0.05) is 158 Å². The van der Waals surface area contributed by atoms with Crippen LogP contribution in [0.15, 0.2) is 218 Å². The van der Waals surface area contributed by atoms with Crippen molar-refractivity contribution < 1.29 is 0 Å². The van der Waals surface area contributed by atoms with E-state index in [2.05, 4.69) is 228 Å². The van der Waals surface area contributed by atoms with E-state index in [1.807, 2.05) is 0 Å². The number of aromatic nitrogens is 2. The zero-order valence-corrected chi connectivity index (χ0v) is 33.1. The van der Waals surface area contributed by atoms with Gasteiger partial charge in [0.05, 0.1) is 22.1 Å². The van der Waals surface area contributed by atoms with E-state index in [1.165, 1.54) is 105 Å². The molecule has 2 aromatic heterocycles. The van der Waals surface area contributed by atoms with E-state index in [1.54, 1.807) is 0 Å². The lowest BCUT2D eigenvalue weighted by Crippen LogP contribution is -1.95. The minimum absolute atomic E-state index is 1.10. The molecule has 60 heavy (non-hydrogen) atoms. The summed E-state index contributed by atoms with van der Waals surface area (Å²) < 4.78 is 4.82. The third-order valence-electron chi connectivity index (χ3n) is 12.6. The molecule has 2 nitrogen and oxygen atoms in total. The van der Waals surface area contributed by atoms with Crippen molar-refractivity contribution in [1.29, 1.82) is 0 Å². The van der Waals surface area contributed by atoms with Crippen LogP contribution in [0.1, 0.15) is 18.4 Å². The Kier molecular flexibility index (Phi) is 8.02. The van der Waals surface area contributed by atoms with Crippen molar-refractivity contribution in [2.45, 2.75) is 12.8 Å². The second kappa shape index (κ2) is 14.0. The lowest BCUT2D eigenvalue weighted by atomic mass is 9.90. The number of allylic oxidation sites excluding steroid dienone is 4. The van der Waals surface area contributed by atoms with E-state index in [0.717, 1.165) is 18.5 Å². The van der Waals surface area contributed by atoms with Crippen LogP contribution in [0.4, 0.5) is 0 Å². The fourth-order valence-electron chi connectivity index (χ4n) is 9.72. The predicted octanol–water partition coefficient (Wildman–Crippen LogP) is 15.8. The lowest BCUT2D eigenvalue weighted by Gasteiger charge is -2.14. The average Bonchev–Trinajstić information content (AvgIpc) is 3.84. The molecule has 0 saturated carbocycles. The Hall–Kier alpha value is -7.68. The lowest BCUT2D eigenvalue weighted by molar-refractivity contribution is 1.04. The molecule has 0 amide bonds. The Labute approximate surface area is 349 Å². The summed E-state index contributed by atoms with van der Waals surface area (Å²) in [4.78, 5) is 0. The summed E-state index contributed by atoms with van der Waals surface area (Å²) in [6.45, 7) is 0. The fraction of sp³-hybridized carbons (Fsp3) is 0.0345. The molecule has 0 N–H and O–H groups in total. The molecule has 0 unspecified atom stereocenters. The molecule has 12 rings (SSSR count). The van der Waals surface area contributed by atoms with Crippen molar-refractivity contribution in [2.75, 3.05) is 0 Å². The SMILES string of the molecule is C1=CC(c2ccc(-n3c4ccccc4c4cc(-c5cccc6cccc(-c7ccc8c(c7)c7ccccc7n8-c7ccc(-c8ccccc8)cc7)c56)ccc43)cc2)=CCC1. The molecule has 9 aromatic carbocycles. The number of hydrogen-bond acceptors (Lipinski definition) is 0. The number of para-hydroxylation sites is 2. The van der Waals surface area contributed by atoms with E-state index in [0.29, 0.717) is 0 Å². The van der Waals surface area contributed by atoms with Crippen LogP contribution in [0.2, 0.25) is 0 Å². The molecule has 2 heterocycles. The van der Waals surface area contributed by atoms with Crippen molar-refractivity contribution in [3.05, 3.63) is 224 Å². The zero-order chi connectivity index (χ0) is 39.6. The van der Waals surface area contributed by atoms with Crippen LogP contribution >= 0.6 is 0 Å². The van der Waals surface area contributed by atoms with Crippen LogP contribution < -0.4 is 0 Å². The first-order valence-corrected chi connectivity index (χ1v) is 21.0. The third-order valence-corrected chi connectivity index (χ3v) is 12.6. The molecule has 282 valence electrons. The Morgan fingerprint density at radius 1 is 0.333 bits per heavy atom. The van der Waals surface area contributed by atoms with Crippen LogP contribution in [-0.4, -0.2) is 9.13 Å². The summed E-state index contributed by atoms with van der Waals surface area (Å²) >= 11 is 0. The van der Waals surface area contributed by atoms with Gasteiger partial charge >= 0.3 is 0 Å². The van der Waals surface area contributed by atoms with Crippen LogP contribution in [0, 0.1) is 0 Å². The minimum Gasteiger partial charge on any atom is -0.309 e. The quantitative estimate of drug-likeness (QED) is 0.160. The largest absolute Gasteiger partial charge is 0.309 e. The maximum atomic E-state index is 2.42. The molecule has 11 aromatic rings. The van der Waals surface area contributed by atoms with Gasteiger partial charge in [0.25, 0.3) is 0 Å². The highest BCUT2D eigenvalue weighted by Gasteiger charge is 2.18. The average molecular weight is 765 g/mol. The van der Waals surface area contributed by atoms with E-state index in [-0.39, 0.29) is 0 Å². The van der Waals surface area contributed by atoms with Crippen molar-refractivity contribution >= 4 is 60.0 Å². The minimum atomic E-state index is 1.10. The molecule has 0 fully saturated rings. The third kappa shape index (κ3) is 5.56. The van der Waals surface area contributed by atoms with Gasteiger partial charge in [-0.3, -0.25) is 0 Å². The molecule has 0 spiro atoms. The molecule has 0 bridgehead atoms.